The van der Waals surface area contributed by atoms with Crippen molar-refractivity contribution in [2.24, 2.45) is 0 Å². The number of rotatable bonds is 7. The zero-order valence-corrected chi connectivity index (χ0v) is 11.6. The highest BCUT2D eigenvalue weighted by Gasteiger charge is 2.17. The van der Waals surface area contributed by atoms with E-state index in [1.807, 2.05) is 13.8 Å². The van der Waals surface area contributed by atoms with Gasteiger partial charge in [0.2, 0.25) is 0 Å². The summed E-state index contributed by atoms with van der Waals surface area (Å²) in [4.78, 5) is 12.1. The van der Waals surface area contributed by atoms with Crippen molar-refractivity contribution in [2.75, 3.05) is 5.73 Å². The summed E-state index contributed by atoms with van der Waals surface area (Å²) in [5, 5.41) is 7.05. The fourth-order valence-corrected chi connectivity index (χ4v) is 1.95. The highest BCUT2D eigenvalue weighted by atomic mass is 16.2. The van der Waals surface area contributed by atoms with Gasteiger partial charge in [0, 0.05) is 12.6 Å². The third-order valence-electron chi connectivity index (χ3n) is 3.00. The number of nitrogens with one attached hydrogen (secondary N) is 1. The summed E-state index contributed by atoms with van der Waals surface area (Å²) < 4.78 is 1.63. The quantitative estimate of drug-likeness (QED) is 0.730. The van der Waals surface area contributed by atoms with Gasteiger partial charge < -0.3 is 11.1 Å². The summed E-state index contributed by atoms with van der Waals surface area (Å²) in [6.07, 6.45) is 6.06. The first kappa shape index (κ1) is 14.5. The minimum absolute atomic E-state index is 0.129. The van der Waals surface area contributed by atoms with Crippen LogP contribution in [0.1, 0.15) is 56.9 Å². The van der Waals surface area contributed by atoms with E-state index in [1.54, 1.807) is 4.68 Å². The lowest BCUT2D eigenvalue weighted by molar-refractivity contribution is 0.0928. The Morgan fingerprint density at radius 1 is 1.50 bits per heavy atom. The standard InChI is InChI=1S/C13H24N4O/c1-4-6-7-8-10(3)16-13(18)12-11(14)9-15-17(12)5-2/h9-10H,4-8,14H2,1-3H3,(H,16,18). The molecule has 1 heterocycles. The summed E-state index contributed by atoms with van der Waals surface area (Å²) in [5.74, 6) is -0.129. The number of hydrogen-bond donors (Lipinski definition) is 2. The molecule has 3 N–H and O–H groups in total. The minimum atomic E-state index is -0.129. The smallest absolute Gasteiger partial charge is 0.271 e. The predicted molar refractivity (Wildman–Crippen MR) is 73.4 cm³/mol. The molecule has 0 radical (unpaired) electrons. The van der Waals surface area contributed by atoms with Crippen molar-refractivity contribution in [1.29, 1.82) is 0 Å². The molecule has 0 spiro atoms. The Morgan fingerprint density at radius 2 is 2.22 bits per heavy atom. The maximum absolute atomic E-state index is 12.1. The lowest BCUT2D eigenvalue weighted by atomic mass is 10.1. The molecule has 18 heavy (non-hydrogen) atoms. The number of carbonyl (C=O) groups excluding carboxylic acids is 1. The van der Waals surface area contributed by atoms with E-state index in [0.717, 1.165) is 12.8 Å². The largest absolute Gasteiger partial charge is 0.396 e. The Labute approximate surface area is 109 Å². The maximum Gasteiger partial charge on any atom is 0.271 e. The lowest BCUT2D eigenvalue weighted by Crippen LogP contribution is -2.34. The topological polar surface area (TPSA) is 72.9 Å². The highest BCUT2D eigenvalue weighted by molar-refractivity contribution is 5.97. The highest BCUT2D eigenvalue weighted by Crippen LogP contribution is 2.11. The zero-order chi connectivity index (χ0) is 13.5. The first-order valence-corrected chi connectivity index (χ1v) is 6.72. The SMILES string of the molecule is CCCCCC(C)NC(=O)c1c(N)cnn1CC. The van der Waals surface area contributed by atoms with Gasteiger partial charge in [0.05, 0.1) is 11.9 Å². The van der Waals surface area contributed by atoms with Gasteiger partial charge in [-0.05, 0) is 20.3 Å². The first-order valence-electron chi connectivity index (χ1n) is 6.72. The van der Waals surface area contributed by atoms with Gasteiger partial charge in [-0.1, -0.05) is 26.2 Å². The molecular formula is C13H24N4O. The molecule has 1 aromatic rings. The van der Waals surface area contributed by atoms with Crippen LogP contribution in [0.5, 0.6) is 0 Å². The van der Waals surface area contributed by atoms with Crippen molar-refractivity contribution < 1.29 is 4.79 Å². The van der Waals surface area contributed by atoms with E-state index in [1.165, 1.54) is 19.0 Å². The molecule has 0 fully saturated rings. The Balaban J connectivity index is 2.56. The molecule has 5 nitrogen and oxygen atoms in total. The van der Waals surface area contributed by atoms with Gasteiger partial charge in [-0.3, -0.25) is 9.48 Å². The van der Waals surface area contributed by atoms with Gasteiger partial charge in [0.25, 0.3) is 5.91 Å². The van der Waals surface area contributed by atoms with Crippen LogP contribution in [-0.2, 0) is 6.54 Å². The van der Waals surface area contributed by atoms with Crippen molar-refractivity contribution in [3.05, 3.63) is 11.9 Å². The molecule has 1 aromatic heterocycles. The molecule has 1 rings (SSSR count). The Hall–Kier alpha value is -1.52. The van der Waals surface area contributed by atoms with Crippen LogP contribution in [0.25, 0.3) is 0 Å². The Morgan fingerprint density at radius 3 is 2.83 bits per heavy atom. The number of aryl methyl sites for hydroxylation is 1. The number of amides is 1. The van der Waals surface area contributed by atoms with Crippen molar-refractivity contribution >= 4 is 11.6 Å². The molecule has 0 aliphatic carbocycles. The second-order valence-corrected chi connectivity index (χ2v) is 4.63. The second kappa shape index (κ2) is 7.03. The van der Waals surface area contributed by atoms with Crippen molar-refractivity contribution in [2.45, 2.75) is 59.0 Å². The molecular weight excluding hydrogens is 228 g/mol. The molecule has 1 atom stereocenters. The average Bonchev–Trinajstić information content (AvgIpc) is 2.70. The normalized spacial score (nSPS) is 12.4. The monoisotopic (exact) mass is 252 g/mol. The third kappa shape index (κ3) is 3.75. The maximum atomic E-state index is 12.1. The zero-order valence-electron chi connectivity index (χ0n) is 11.6. The summed E-state index contributed by atoms with van der Waals surface area (Å²) >= 11 is 0. The van der Waals surface area contributed by atoms with E-state index in [9.17, 15) is 4.79 Å². The summed E-state index contributed by atoms with van der Waals surface area (Å²) in [6.45, 7) is 6.78. The fraction of sp³-hybridized carbons (Fsp3) is 0.692. The van der Waals surface area contributed by atoms with E-state index in [2.05, 4.69) is 17.3 Å². The number of nitrogens with zero attached hydrogens (tertiary/aromatic N) is 2. The summed E-state index contributed by atoms with van der Waals surface area (Å²) in [5.41, 5.74) is 6.68. The Bertz CT molecular complexity index is 386. The van der Waals surface area contributed by atoms with E-state index in [4.69, 9.17) is 5.73 Å². The van der Waals surface area contributed by atoms with Crippen LogP contribution in [0, 0.1) is 0 Å². The molecule has 0 saturated heterocycles. The predicted octanol–water partition coefficient (Wildman–Crippen LogP) is 2.18. The molecule has 0 saturated carbocycles. The third-order valence-corrected chi connectivity index (χ3v) is 3.00. The molecule has 0 aliphatic heterocycles. The molecule has 0 aromatic carbocycles. The number of aromatic nitrogens is 2. The average molecular weight is 252 g/mol. The summed E-state index contributed by atoms with van der Waals surface area (Å²) in [7, 11) is 0. The van der Waals surface area contributed by atoms with Crippen molar-refractivity contribution in [1.82, 2.24) is 15.1 Å². The van der Waals surface area contributed by atoms with Crippen LogP contribution in [0.15, 0.2) is 6.20 Å². The number of carbonyl (C=O) groups is 1. The molecule has 102 valence electrons. The first-order chi connectivity index (χ1) is 8.60. The van der Waals surface area contributed by atoms with Crippen LogP contribution in [0.2, 0.25) is 0 Å². The van der Waals surface area contributed by atoms with Crippen molar-refractivity contribution in [3.8, 4) is 0 Å². The van der Waals surface area contributed by atoms with Crippen molar-refractivity contribution in [3.63, 3.8) is 0 Å². The van der Waals surface area contributed by atoms with Gasteiger partial charge in [-0.2, -0.15) is 5.10 Å². The van der Waals surface area contributed by atoms with Gasteiger partial charge in [-0.15, -0.1) is 0 Å². The minimum Gasteiger partial charge on any atom is -0.396 e. The molecule has 0 bridgehead atoms. The number of anilines is 1. The van der Waals surface area contributed by atoms with E-state index >= 15 is 0 Å². The van der Waals surface area contributed by atoms with E-state index < -0.39 is 0 Å². The van der Waals surface area contributed by atoms with Gasteiger partial charge in [-0.25, -0.2) is 0 Å². The number of hydrogen-bond acceptors (Lipinski definition) is 3. The molecule has 0 aliphatic rings. The van der Waals surface area contributed by atoms with Crippen LogP contribution in [-0.4, -0.2) is 21.7 Å². The molecule has 1 amide bonds. The van der Waals surface area contributed by atoms with Gasteiger partial charge in [0.15, 0.2) is 0 Å². The molecule has 5 heteroatoms. The second-order valence-electron chi connectivity index (χ2n) is 4.63. The van der Waals surface area contributed by atoms with Crippen LogP contribution in [0.3, 0.4) is 0 Å². The lowest BCUT2D eigenvalue weighted by Gasteiger charge is -2.14. The number of unbranched alkanes of at least 4 members (excludes halogenated alkanes) is 2. The summed E-state index contributed by atoms with van der Waals surface area (Å²) in [6, 6.07) is 0.170. The van der Waals surface area contributed by atoms with Gasteiger partial charge in [0.1, 0.15) is 5.69 Å². The molecule has 1 unspecified atom stereocenters. The number of nitrogens with two attached hydrogens (primary N) is 1. The van der Waals surface area contributed by atoms with E-state index in [-0.39, 0.29) is 11.9 Å². The van der Waals surface area contributed by atoms with Crippen LogP contribution < -0.4 is 11.1 Å². The fourth-order valence-electron chi connectivity index (χ4n) is 1.95. The Kier molecular flexibility index (Phi) is 5.68. The number of nitrogen functional groups attached to an aromatic ring is 1. The van der Waals surface area contributed by atoms with Crippen LogP contribution in [0.4, 0.5) is 5.69 Å². The van der Waals surface area contributed by atoms with Crippen LogP contribution >= 0.6 is 0 Å². The van der Waals surface area contributed by atoms with E-state index in [0.29, 0.717) is 17.9 Å². The van der Waals surface area contributed by atoms with Gasteiger partial charge >= 0.3 is 0 Å².